The fourth-order valence-corrected chi connectivity index (χ4v) is 3.84. The van der Waals surface area contributed by atoms with Gasteiger partial charge in [-0.25, -0.2) is 9.78 Å². The average Bonchev–Trinajstić information content (AvgIpc) is 3.28. The highest BCUT2D eigenvalue weighted by Crippen LogP contribution is 2.24. The molecule has 2 amide bonds. The normalized spacial score (nSPS) is 16.6. The van der Waals surface area contributed by atoms with Gasteiger partial charge in [0.2, 0.25) is 0 Å². The second-order valence-corrected chi connectivity index (χ2v) is 7.59. The second-order valence-electron chi connectivity index (χ2n) is 6.53. The van der Waals surface area contributed by atoms with Crippen LogP contribution in [-0.4, -0.2) is 47.5 Å². The summed E-state index contributed by atoms with van der Waals surface area (Å²) in [5.41, 5.74) is 0.929. The molecule has 7 heteroatoms. The topological polar surface area (TPSA) is 61.6 Å². The molecule has 1 saturated heterocycles. The van der Waals surface area contributed by atoms with Crippen LogP contribution in [0.5, 0.6) is 0 Å². The molecule has 3 heterocycles. The monoisotopic (exact) mass is 362 g/mol. The third-order valence-electron chi connectivity index (χ3n) is 4.56. The first kappa shape index (κ1) is 17.9. The van der Waals surface area contributed by atoms with E-state index >= 15 is 0 Å². The summed E-state index contributed by atoms with van der Waals surface area (Å²) in [6, 6.07) is 3.91. The molecular formula is C18H26N4O2S. The fourth-order valence-electron chi connectivity index (χ4n) is 3.24. The number of carbonyl (C=O) groups excluding carboxylic acids is 1. The van der Waals surface area contributed by atoms with E-state index in [1.54, 1.807) is 29.5 Å². The number of aryl methyl sites for hydroxylation is 1. The van der Waals surface area contributed by atoms with Crippen LogP contribution >= 0.6 is 11.3 Å². The van der Waals surface area contributed by atoms with Gasteiger partial charge in [-0.15, -0.1) is 11.3 Å². The zero-order chi connectivity index (χ0) is 17.6. The Bertz CT molecular complexity index is 664. The molecule has 0 radical (unpaired) electrons. The van der Waals surface area contributed by atoms with Crippen molar-refractivity contribution in [2.75, 3.05) is 26.7 Å². The number of urea groups is 1. The van der Waals surface area contributed by atoms with E-state index in [-0.39, 0.29) is 12.1 Å². The Hall–Kier alpha value is -1.86. The Balaban J connectivity index is 1.57. The van der Waals surface area contributed by atoms with Gasteiger partial charge in [-0.3, -0.25) is 4.90 Å². The number of nitrogens with zero attached hydrogens (tertiary/aromatic N) is 3. The molecular weight excluding hydrogens is 336 g/mol. The molecule has 136 valence electrons. The van der Waals surface area contributed by atoms with E-state index in [9.17, 15) is 4.79 Å². The van der Waals surface area contributed by atoms with Crippen LogP contribution in [0.1, 0.15) is 41.8 Å². The maximum Gasteiger partial charge on any atom is 0.317 e. The van der Waals surface area contributed by atoms with Gasteiger partial charge in [-0.1, -0.05) is 6.42 Å². The minimum absolute atomic E-state index is 0.0841. The van der Waals surface area contributed by atoms with E-state index in [0.717, 1.165) is 29.6 Å². The highest BCUT2D eigenvalue weighted by atomic mass is 32.1. The van der Waals surface area contributed by atoms with Gasteiger partial charge in [0.05, 0.1) is 29.6 Å². The number of rotatable bonds is 6. The highest BCUT2D eigenvalue weighted by Gasteiger charge is 2.25. The van der Waals surface area contributed by atoms with Crippen LogP contribution in [-0.2, 0) is 6.54 Å². The number of carbonyl (C=O) groups is 1. The van der Waals surface area contributed by atoms with Gasteiger partial charge in [-0.2, -0.15) is 0 Å². The van der Waals surface area contributed by atoms with Gasteiger partial charge in [0.1, 0.15) is 5.76 Å². The lowest BCUT2D eigenvalue weighted by molar-refractivity contribution is 0.140. The highest BCUT2D eigenvalue weighted by molar-refractivity contribution is 7.09. The summed E-state index contributed by atoms with van der Waals surface area (Å²) in [7, 11) is 1.80. The molecule has 0 aliphatic carbocycles. The van der Waals surface area contributed by atoms with Crippen LogP contribution in [0.25, 0.3) is 0 Å². The Morgan fingerprint density at radius 2 is 2.24 bits per heavy atom. The quantitative estimate of drug-likeness (QED) is 0.855. The fraction of sp³-hybridized carbons (Fsp3) is 0.556. The third kappa shape index (κ3) is 4.83. The van der Waals surface area contributed by atoms with E-state index in [1.807, 2.05) is 24.4 Å². The summed E-state index contributed by atoms with van der Waals surface area (Å²) in [6.45, 7) is 5.14. The van der Waals surface area contributed by atoms with Crippen molar-refractivity contribution in [3.63, 3.8) is 0 Å². The molecule has 25 heavy (non-hydrogen) atoms. The molecule has 0 spiro atoms. The van der Waals surface area contributed by atoms with Crippen LogP contribution in [0.15, 0.2) is 28.2 Å². The molecule has 1 fully saturated rings. The van der Waals surface area contributed by atoms with E-state index in [4.69, 9.17) is 4.42 Å². The van der Waals surface area contributed by atoms with Crippen LogP contribution < -0.4 is 5.32 Å². The largest absolute Gasteiger partial charge is 0.468 e. The molecule has 2 aromatic rings. The molecule has 0 saturated carbocycles. The summed E-state index contributed by atoms with van der Waals surface area (Å²) < 4.78 is 5.62. The van der Waals surface area contributed by atoms with E-state index < -0.39 is 0 Å². The summed E-state index contributed by atoms with van der Waals surface area (Å²) in [5, 5.41) is 6.07. The van der Waals surface area contributed by atoms with Gasteiger partial charge < -0.3 is 14.6 Å². The van der Waals surface area contributed by atoms with Crippen LogP contribution in [0.4, 0.5) is 4.79 Å². The number of piperidine rings is 1. The minimum Gasteiger partial charge on any atom is -0.468 e. The molecule has 1 aliphatic heterocycles. The van der Waals surface area contributed by atoms with Crippen molar-refractivity contribution in [2.45, 2.75) is 38.8 Å². The lowest BCUT2D eigenvalue weighted by atomic mass is 10.1. The summed E-state index contributed by atoms with van der Waals surface area (Å²) in [5.74, 6) is 0.917. The zero-order valence-electron chi connectivity index (χ0n) is 14.9. The minimum atomic E-state index is -0.0841. The Kier molecular flexibility index (Phi) is 6.09. The van der Waals surface area contributed by atoms with Crippen LogP contribution in [0, 0.1) is 6.92 Å². The maximum atomic E-state index is 12.5. The molecule has 0 aromatic carbocycles. The number of amides is 2. The van der Waals surface area contributed by atoms with Crippen LogP contribution in [0.2, 0.25) is 0 Å². The van der Waals surface area contributed by atoms with Crippen molar-refractivity contribution < 1.29 is 9.21 Å². The first-order valence-corrected chi connectivity index (χ1v) is 9.69. The third-order valence-corrected chi connectivity index (χ3v) is 5.38. The molecule has 1 aliphatic rings. The van der Waals surface area contributed by atoms with E-state index in [2.05, 4.69) is 15.2 Å². The van der Waals surface area contributed by atoms with Gasteiger partial charge >= 0.3 is 6.03 Å². The number of hydrogen-bond donors (Lipinski definition) is 1. The molecule has 2 aromatic heterocycles. The lowest BCUT2D eigenvalue weighted by Crippen LogP contribution is -2.44. The molecule has 1 N–H and O–H groups in total. The Morgan fingerprint density at radius 1 is 1.44 bits per heavy atom. The van der Waals surface area contributed by atoms with Crippen molar-refractivity contribution in [3.05, 3.63) is 40.2 Å². The molecule has 0 bridgehead atoms. The SMILES string of the molecule is Cc1nc(CN(C)C(=O)NCC(c2ccco2)N2CCCCC2)cs1. The summed E-state index contributed by atoms with van der Waals surface area (Å²) in [6.07, 6.45) is 5.39. The van der Waals surface area contributed by atoms with Crippen molar-refractivity contribution >= 4 is 17.4 Å². The molecule has 6 nitrogen and oxygen atoms in total. The molecule has 1 unspecified atom stereocenters. The Morgan fingerprint density at radius 3 is 2.88 bits per heavy atom. The number of furan rings is 1. The average molecular weight is 362 g/mol. The van der Waals surface area contributed by atoms with Gasteiger partial charge in [0.15, 0.2) is 0 Å². The second kappa shape index (κ2) is 8.49. The van der Waals surface area contributed by atoms with Crippen LogP contribution in [0.3, 0.4) is 0 Å². The first-order chi connectivity index (χ1) is 12.1. The van der Waals surface area contributed by atoms with Crippen molar-refractivity contribution in [1.82, 2.24) is 20.1 Å². The van der Waals surface area contributed by atoms with E-state index in [1.165, 1.54) is 19.3 Å². The van der Waals surface area contributed by atoms with Crippen molar-refractivity contribution in [1.29, 1.82) is 0 Å². The van der Waals surface area contributed by atoms with Gasteiger partial charge in [0.25, 0.3) is 0 Å². The first-order valence-electron chi connectivity index (χ1n) is 8.81. The van der Waals surface area contributed by atoms with Crippen molar-refractivity contribution in [2.24, 2.45) is 0 Å². The summed E-state index contributed by atoms with van der Waals surface area (Å²) in [4.78, 5) is 20.9. The van der Waals surface area contributed by atoms with Gasteiger partial charge in [-0.05, 0) is 45.0 Å². The summed E-state index contributed by atoms with van der Waals surface area (Å²) >= 11 is 1.60. The number of hydrogen-bond acceptors (Lipinski definition) is 5. The predicted octanol–water partition coefficient (Wildman–Crippen LogP) is 3.41. The van der Waals surface area contributed by atoms with Gasteiger partial charge in [0, 0.05) is 19.0 Å². The number of thiazole rings is 1. The maximum absolute atomic E-state index is 12.5. The zero-order valence-corrected chi connectivity index (χ0v) is 15.7. The molecule has 3 rings (SSSR count). The Labute approximate surface area is 152 Å². The molecule has 1 atom stereocenters. The number of nitrogens with one attached hydrogen (secondary N) is 1. The standard InChI is InChI=1S/C18H26N4O2S/c1-14-20-15(13-25-14)12-21(2)18(23)19-11-16(17-7-6-10-24-17)22-8-4-3-5-9-22/h6-7,10,13,16H,3-5,8-9,11-12H2,1-2H3,(H,19,23). The number of aromatic nitrogens is 1. The lowest BCUT2D eigenvalue weighted by Gasteiger charge is -2.33. The smallest absolute Gasteiger partial charge is 0.317 e. The number of likely N-dealkylation sites (tertiary alicyclic amines) is 1. The van der Waals surface area contributed by atoms with E-state index in [0.29, 0.717) is 13.1 Å². The van der Waals surface area contributed by atoms with Crippen molar-refractivity contribution in [3.8, 4) is 0 Å². The predicted molar refractivity (Wildman–Crippen MR) is 98.6 cm³/mol.